The lowest BCUT2D eigenvalue weighted by Crippen LogP contribution is -2.09. The Kier molecular flexibility index (Phi) is 31.2. The van der Waals surface area contributed by atoms with Crippen LogP contribution >= 0.6 is 0 Å². The van der Waals surface area contributed by atoms with Crippen molar-refractivity contribution >= 4 is 5.97 Å². The summed E-state index contributed by atoms with van der Waals surface area (Å²) in [4.78, 5) is 12.5. The molecule has 4 nitrogen and oxygen atoms in total. The molecule has 0 atom stereocenters. The quantitative estimate of drug-likeness (QED) is 0.0406. The summed E-state index contributed by atoms with van der Waals surface area (Å²) in [5, 5.41) is 0. The second-order valence-corrected chi connectivity index (χ2v) is 14.4. The number of methoxy groups -OCH3 is 1. The SMILES string of the molecule is CCCCC/C=C\C/C=C\CCCCCCCCOc1cc(C(=O)OC)cc(OCCCCCCCC/C=C\C/C=C\CCCCC)c1C(C)C. The maximum Gasteiger partial charge on any atom is 0.338 e. The van der Waals surface area contributed by atoms with Crippen molar-refractivity contribution < 1.29 is 19.0 Å². The Balaban J connectivity index is 2.34. The molecule has 0 spiro atoms. The number of carbonyl (C=O) groups excluding carboxylic acids is 1. The van der Waals surface area contributed by atoms with Crippen LogP contribution in [0.1, 0.15) is 204 Å². The predicted octanol–water partition coefficient (Wildman–Crippen LogP) is 15.0. The molecular formula is C47H78O4. The predicted molar refractivity (Wildman–Crippen MR) is 222 cm³/mol. The van der Waals surface area contributed by atoms with Gasteiger partial charge in [-0.15, -0.1) is 0 Å². The lowest BCUT2D eigenvalue weighted by atomic mass is 9.98. The Morgan fingerprint density at radius 3 is 1.24 bits per heavy atom. The lowest BCUT2D eigenvalue weighted by molar-refractivity contribution is 0.0599. The number of rotatable bonds is 34. The van der Waals surface area contributed by atoms with E-state index < -0.39 is 0 Å². The summed E-state index contributed by atoms with van der Waals surface area (Å²) in [5.74, 6) is 1.36. The van der Waals surface area contributed by atoms with Crippen LogP contribution in [-0.4, -0.2) is 26.3 Å². The van der Waals surface area contributed by atoms with E-state index in [0.717, 1.165) is 55.6 Å². The summed E-state index contributed by atoms with van der Waals surface area (Å²) in [5.41, 5.74) is 1.53. The Morgan fingerprint density at radius 1 is 0.529 bits per heavy atom. The molecule has 0 heterocycles. The maximum absolute atomic E-state index is 12.5. The topological polar surface area (TPSA) is 44.8 Å². The molecule has 0 aliphatic rings. The normalized spacial score (nSPS) is 12.0. The average molecular weight is 707 g/mol. The number of ether oxygens (including phenoxy) is 3. The third-order valence-electron chi connectivity index (χ3n) is 9.31. The van der Waals surface area contributed by atoms with Gasteiger partial charge in [0.1, 0.15) is 11.5 Å². The van der Waals surface area contributed by atoms with Gasteiger partial charge in [-0.25, -0.2) is 4.79 Å². The van der Waals surface area contributed by atoms with Gasteiger partial charge in [0, 0.05) is 5.56 Å². The van der Waals surface area contributed by atoms with Crippen molar-refractivity contribution in [2.24, 2.45) is 0 Å². The van der Waals surface area contributed by atoms with E-state index in [0.29, 0.717) is 18.8 Å². The fourth-order valence-electron chi connectivity index (χ4n) is 6.19. The first-order valence-electron chi connectivity index (χ1n) is 21.2. The third-order valence-corrected chi connectivity index (χ3v) is 9.31. The van der Waals surface area contributed by atoms with Crippen LogP contribution in [0.4, 0.5) is 0 Å². The fraction of sp³-hybridized carbons (Fsp3) is 0.681. The molecule has 0 N–H and O–H groups in total. The average Bonchev–Trinajstić information content (AvgIpc) is 3.13. The number of hydrogen-bond acceptors (Lipinski definition) is 4. The van der Waals surface area contributed by atoms with Gasteiger partial charge in [-0.1, -0.05) is 153 Å². The molecule has 1 rings (SSSR count). The van der Waals surface area contributed by atoms with E-state index >= 15 is 0 Å². The van der Waals surface area contributed by atoms with Crippen LogP contribution in [0.2, 0.25) is 0 Å². The highest BCUT2D eigenvalue weighted by Gasteiger charge is 2.20. The molecule has 1 aromatic carbocycles. The van der Waals surface area contributed by atoms with E-state index in [2.05, 4.69) is 76.3 Å². The first-order valence-corrected chi connectivity index (χ1v) is 21.2. The summed E-state index contributed by atoms with van der Waals surface area (Å²) in [7, 11) is 1.42. The van der Waals surface area contributed by atoms with E-state index in [9.17, 15) is 4.79 Å². The molecule has 0 amide bonds. The largest absolute Gasteiger partial charge is 0.493 e. The van der Waals surface area contributed by atoms with Gasteiger partial charge in [-0.05, 0) is 95.1 Å². The monoisotopic (exact) mass is 707 g/mol. The molecule has 4 heteroatoms. The van der Waals surface area contributed by atoms with Crippen LogP contribution in [0.5, 0.6) is 11.5 Å². The minimum atomic E-state index is -0.359. The highest BCUT2D eigenvalue weighted by atomic mass is 16.5. The minimum absolute atomic E-state index is 0.216. The second kappa shape index (κ2) is 34.3. The van der Waals surface area contributed by atoms with E-state index in [1.807, 2.05) is 12.1 Å². The molecule has 0 saturated carbocycles. The van der Waals surface area contributed by atoms with Crippen LogP contribution < -0.4 is 9.47 Å². The minimum Gasteiger partial charge on any atom is -0.493 e. The molecule has 0 aromatic heterocycles. The van der Waals surface area contributed by atoms with Crippen molar-refractivity contribution in [3.63, 3.8) is 0 Å². The van der Waals surface area contributed by atoms with Crippen LogP contribution in [0.15, 0.2) is 60.7 Å². The van der Waals surface area contributed by atoms with Crippen molar-refractivity contribution in [2.75, 3.05) is 20.3 Å². The third kappa shape index (κ3) is 25.8. The Labute approximate surface area is 315 Å². The number of allylic oxidation sites excluding steroid dienone is 8. The summed E-state index contributed by atoms with van der Waals surface area (Å²) >= 11 is 0. The highest BCUT2D eigenvalue weighted by Crippen LogP contribution is 2.37. The van der Waals surface area contributed by atoms with Gasteiger partial charge in [0.05, 0.1) is 25.9 Å². The fourth-order valence-corrected chi connectivity index (χ4v) is 6.19. The Morgan fingerprint density at radius 2 is 0.882 bits per heavy atom. The van der Waals surface area contributed by atoms with E-state index in [4.69, 9.17) is 14.2 Å². The zero-order valence-electron chi connectivity index (χ0n) is 33.9. The second-order valence-electron chi connectivity index (χ2n) is 14.4. The van der Waals surface area contributed by atoms with Gasteiger partial charge >= 0.3 is 5.97 Å². The molecule has 0 saturated heterocycles. The summed E-state index contributed by atoms with van der Waals surface area (Å²) < 4.78 is 17.7. The Bertz CT molecular complexity index is 1010. The van der Waals surface area contributed by atoms with Crippen LogP contribution in [0, 0.1) is 0 Å². The standard InChI is InChI=1S/C47H78O4/c1-6-8-10-12-14-16-18-20-22-24-26-28-30-32-34-36-38-50-44-40-43(47(48)49-5)41-45(46(44)42(3)4)51-39-37-35-33-31-29-27-25-23-21-19-17-15-13-11-9-7-2/h14-17,20-23,40-42H,6-13,18-19,24-39H2,1-5H3/b16-14-,17-15-,22-20-,23-21-. The van der Waals surface area contributed by atoms with Gasteiger partial charge in [0.15, 0.2) is 0 Å². The van der Waals surface area contributed by atoms with Crippen molar-refractivity contribution in [1.82, 2.24) is 0 Å². The smallest absolute Gasteiger partial charge is 0.338 e. The maximum atomic E-state index is 12.5. The van der Waals surface area contributed by atoms with Crippen molar-refractivity contribution in [1.29, 1.82) is 0 Å². The highest BCUT2D eigenvalue weighted by molar-refractivity contribution is 5.90. The molecule has 1 aromatic rings. The number of benzene rings is 1. The molecule has 51 heavy (non-hydrogen) atoms. The summed E-state index contributed by atoms with van der Waals surface area (Å²) in [6.07, 6.45) is 47.8. The summed E-state index contributed by atoms with van der Waals surface area (Å²) in [6, 6.07) is 3.68. The molecular weight excluding hydrogens is 629 g/mol. The van der Waals surface area contributed by atoms with E-state index in [-0.39, 0.29) is 11.9 Å². The molecule has 0 aliphatic carbocycles. The van der Waals surface area contributed by atoms with Gasteiger partial charge in [-0.3, -0.25) is 0 Å². The number of esters is 1. The Hall–Kier alpha value is -2.75. The molecule has 0 radical (unpaired) electrons. The van der Waals surface area contributed by atoms with Crippen molar-refractivity contribution in [3.8, 4) is 11.5 Å². The zero-order valence-corrected chi connectivity index (χ0v) is 33.9. The van der Waals surface area contributed by atoms with Gasteiger partial charge in [-0.2, -0.15) is 0 Å². The van der Waals surface area contributed by atoms with Gasteiger partial charge in [0.2, 0.25) is 0 Å². The van der Waals surface area contributed by atoms with Crippen LogP contribution in [0.3, 0.4) is 0 Å². The van der Waals surface area contributed by atoms with E-state index in [1.165, 1.54) is 123 Å². The van der Waals surface area contributed by atoms with Crippen molar-refractivity contribution in [2.45, 2.75) is 188 Å². The summed E-state index contributed by atoms with van der Waals surface area (Å²) in [6.45, 7) is 10.1. The molecule has 0 aliphatic heterocycles. The van der Waals surface area contributed by atoms with Crippen LogP contribution in [0.25, 0.3) is 0 Å². The molecule has 290 valence electrons. The van der Waals surface area contributed by atoms with Gasteiger partial charge in [0.25, 0.3) is 0 Å². The molecule has 0 bridgehead atoms. The van der Waals surface area contributed by atoms with Gasteiger partial charge < -0.3 is 14.2 Å². The molecule has 0 fully saturated rings. The van der Waals surface area contributed by atoms with E-state index in [1.54, 1.807) is 0 Å². The van der Waals surface area contributed by atoms with Crippen LogP contribution in [-0.2, 0) is 4.74 Å². The number of unbranched alkanes of at least 4 members (excludes halogenated alkanes) is 18. The first kappa shape index (κ1) is 46.3. The van der Waals surface area contributed by atoms with Crippen molar-refractivity contribution in [3.05, 3.63) is 71.9 Å². The first-order chi connectivity index (χ1) is 25.0. The molecule has 0 unspecified atom stereocenters. The number of hydrogen-bond donors (Lipinski definition) is 0. The lowest BCUT2D eigenvalue weighted by Gasteiger charge is -2.20. The zero-order chi connectivity index (χ0) is 37.0. The number of carbonyl (C=O) groups is 1.